The summed E-state index contributed by atoms with van der Waals surface area (Å²) >= 11 is 4.96. The predicted molar refractivity (Wildman–Crippen MR) is 83.9 cm³/mol. The minimum absolute atomic E-state index is 0.101. The van der Waals surface area contributed by atoms with E-state index in [4.69, 9.17) is 17.0 Å². The fourth-order valence-corrected chi connectivity index (χ4v) is 3.29. The monoisotopic (exact) mass is 301 g/mol. The van der Waals surface area contributed by atoms with Gasteiger partial charge in [-0.05, 0) is 58.4 Å². The molecule has 4 nitrogen and oxygen atoms in total. The fraction of sp³-hybridized carbons (Fsp3) is 0.867. The second-order valence-corrected chi connectivity index (χ2v) is 7.08. The van der Waals surface area contributed by atoms with Gasteiger partial charge in [0.1, 0.15) is 5.60 Å². The summed E-state index contributed by atoms with van der Waals surface area (Å²) in [6.45, 7) is 11.0. The number of hydrogen-bond acceptors (Lipinski definition) is 4. The number of carbonyl (C=O) groups excluding carboxylic acids is 1. The van der Waals surface area contributed by atoms with Crippen molar-refractivity contribution in [2.24, 2.45) is 17.3 Å². The van der Waals surface area contributed by atoms with Crippen LogP contribution in [0.2, 0.25) is 0 Å². The van der Waals surface area contributed by atoms with E-state index in [-0.39, 0.29) is 22.9 Å². The van der Waals surface area contributed by atoms with Crippen LogP contribution in [0.25, 0.3) is 0 Å². The van der Waals surface area contributed by atoms with Crippen molar-refractivity contribution in [2.75, 3.05) is 13.1 Å². The van der Waals surface area contributed by atoms with E-state index in [9.17, 15) is 9.90 Å². The molecule has 20 heavy (non-hydrogen) atoms. The lowest BCUT2D eigenvalue weighted by Crippen LogP contribution is -2.56. The van der Waals surface area contributed by atoms with Gasteiger partial charge >= 0.3 is 5.97 Å². The molecule has 1 heterocycles. The molecular weight excluding hydrogens is 274 g/mol. The lowest BCUT2D eigenvalue weighted by molar-refractivity contribution is -0.176. The van der Waals surface area contributed by atoms with Gasteiger partial charge in [-0.3, -0.25) is 4.79 Å². The van der Waals surface area contributed by atoms with E-state index in [0.717, 1.165) is 19.5 Å². The first-order valence-electron chi connectivity index (χ1n) is 7.32. The van der Waals surface area contributed by atoms with Gasteiger partial charge in [0.25, 0.3) is 0 Å². The number of piperidine rings is 1. The van der Waals surface area contributed by atoms with Crippen molar-refractivity contribution >= 4 is 23.2 Å². The molecule has 0 amide bonds. The Labute approximate surface area is 127 Å². The van der Waals surface area contributed by atoms with Crippen molar-refractivity contribution in [1.29, 1.82) is 0 Å². The smallest absolute Gasteiger partial charge is 0.313 e. The zero-order valence-electron chi connectivity index (χ0n) is 13.2. The van der Waals surface area contributed by atoms with Crippen molar-refractivity contribution in [1.82, 2.24) is 5.32 Å². The van der Waals surface area contributed by atoms with Gasteiger partial charge in [0.05, 0.1) is 5.41 Å². The highest BCUT2D eigenvalue weighted by atomic mass is 32.1. The highest BCUT2D eigenvalue weighted by molar-refractivity contribution is 7.80. The summed E-state index contributed by atoms with van der Waals surface area (Å²) in [5.41, 5.74) is -1.26. The van der Waals surface area contributed by atoms with Gasteiger partial charge in [-0.15, -0.1) is 0 Å². The molecule has 0 spiro atoms. The summed E-state index contributed by atoms with van der Waals surface area (Å²) in [5.74, 6) is -0.493. The van der Waals surface area contributed by atoms with Gasteiger partial charge in [0.15, 0.2) is 5.05 Å². The van der Waals surface area contributed by atoms with Crippen LogP contribution in [0.3, 0.4) is 0 Å². The number of rotatable bonds is 4. The average molecular weight is 301 g/mol. The Kier molecular flexibility index (Phi) is 5.55. The summed E-state index contributed by atoms with van der Waals surface area (Å²) in [4.78, 5) is 12.8. The number of aliphatic hydroxyl groups is 1. The molecular formula is C15H27NO3S. The third-order valence-electron chi connectivity index (χ3n) is 4.25. The van der Waals surface area contributed by atoms with E-state index >= 15 is 0 Å². The SMILES string of the molecule is CC[C@H]1CNCC[C@]1(C(=O)OC(C)(C)C)C(C)C(O)=S. The van der Waals surface area contributed by atoms with Crippen LogP contribution in [0.4, 0.5) is 0 Å². The normalized spacial score (nSPS) is 28.8. The number of nitrogens with one attached hydrogen (secondary N) is 1. The molecule has 0 saturated carbocycles. The van der Waals surface area contributed by atoms with E-state index in [1.807, 2.05) is 27.7 Å². The Morgan fingerprint density at radius 1 is 1.55 bits per heavy atom. The van der Waals surface area contributed by atoms with E-state index in [1.54, 1.807) is 0 Å². The molecule has 0 radical (unpaired) electrons. The molecule has 0 aromatic heterocycles. The molecule has 0 aromatic carbocycles. The maximum Gasteiger partial charge on any atom is 0.313 e. The number of carbonyl (C=O) groups is 1. The summed E-state index contributed by atoms with van der Waals surface area (Å²) in [6, 6.07) is 0. The van der Waals surface area contributed by atoms with Crippen LogP contribution >= 0.6 is 12.2 Å². The Bertz CT molecular complexity index is 378. The molecule has 3 atom stereocenters. The zero-order chi connectivity index (χ0) is 15.6. The largest absolute Gasteiger partial charge is 0.502 e. The van der Waals surface area contributed by atoms with Gasteiger partial charge in [-0.1, -0.05) is 20.3 Å². The van der Waals surface area contributed by atoms with Crippen molar-refractivity contribution in [3.63, 3.8) is 0 Å². The van der Waals surface area contributed by atoms with E-state index < -0.39 is 11.0 Å². The Balaban J connectivity index is 3.18. The minimum Gasteiger partial charge on any atom is -0.502 e. The molecule has 0 aliphatic carbocycles. The van der Waals surface area contributed by atoms with Crippen LogP contribution in [0.1, 0.15) is 47.5 Å². The molecule has 116 valence electrons. The van der Waals surface area contributed by atoms with E-state index in [2.05, 4.69) is 12.2 Å². The highest BCUT2D eigenvalue weighted by Crippen LogP contribution is 2.45. The number of hydrogen-bond donors (Lipinski definition) is 2. The second-order valence-electron chi connectivity index (χ2n) is 6.66. The van der Waals surface area contributed by atoms with Gasteiger partial charge in [0.2, 0.25) is 0 Å². The molecule has 0 bridgehead atoms. The average Bonchev–Trinajstić information content (AvgIpc) is 2.35. The van der Waals surface area contributed by atoms with Crippen LogP contribution in [-0.4, -0.2) is 34.8 Å². The van der Waals surface area contributed by atoms with Crippen LogP contribution in [0, 0.1) is 17.3 Å². The highest BCUT2D eigenvalue weighted by Gasteiger charge is 2.53. The maximum atomic E-state index is 12.8. The first kappa shape index (κ1) is 17.4. The van der Waals surface area contributed by atoms with Gasteiger partial charge in [0, 0.05) is 5.92 Å². The Hall–Kier alpha value is -0.680. The van der Waals surface area contributed by atoms with Crippen molar-refractivity contribution < 1.29 is 14.6 Å². The lowest BCUT2D eigenvalue weighted by Gasteiger charge is -2.46. The summed E-state index contributed by atoms with van der Waals surface area (Å²) in [5, 5.41) is 13.0. The van der Waals surface area contributed by atoms with Crippen molar-refractivity contribution in [3.05, 3.63) is 0 Å². The third kappa shape index (κ3) is 3.50. The summed E-state index contributed by atoms with van der Waals surface area (Å²) in [6.07, 6.45) is 1.49. The quantitative estimate of drug-likeness (QED) is 0.617. The van der Waals surface area contributed by atoms with Crippen LogP contribution in [0.15, 0.2) is 0 Å². The number of ether oxygens (including phenoxy) is 1. The third-order valence-corrected chi connectivity index (χ3v) is 4.60. The fourth-order valence-electron chi connectivity index (χ4n) is 3.08. The lowest BCUT2D eigenvalue weighted by atomic mass is 9.62. The van der Waals surface area contributed by atoms with Crippen molar-refractivity contribution in [2.45, 2.75) is 53.1 Å². The number of aliphatic hydroxyl groups excluding tert-OH is 1. The Morgan fingerprint density at radius 2 is 2.15 bits per heavy atom. The molecule has 1 aliphatic heterocycles. The first-order valence-corrected chi connectivity index (χ1v) is 7.73. The number of thiocarbonyl (C=S) groups is 1. The van der Waals surface area contributed by atoms with Gasteiger partial charge < -0.3 is 15.2 Å². The number of esters is 1. The predicted octanol–water partition coefficient (Wildman–Crippen LogP) is 2.86. The molecule has 1 unspecified atom stereocenters. The molecule has 1 saturated heterocycles. The molecule has 1 rings (SSSR count). The minimum atomic E-state index is -0.723. The molecule has 5 heteroatoms. The standard InChI is InChI=1S/C15H27NO3S/c1-6-11-9-16-8-7-15(11,10(2)12(17)20)13(18)19-14(3,4)5/h10-11,16H,6-9H2,1-5H3,(H,17,20)/t10?,11-,15-/m0/s1. The van der Waals surface area contributed by atoms with Crippen LogP contribution in [-0.2, 0) is 9.53 Å². The first-order chi connectivity index (χ1) is 9.15. The Morgan fingerprint density at radius 3 is 2.60 bits per heavy atom. The van der Waals surface area contributed by atoms with E-state index in [0.29, 0.717) is 6.42 Å². The molecule has 0 aromatic rings. The topological polar surface area (TPSA) is 58.6 Å². The van der Waals surface area contributed by atoms with Gasteiger partial charge in [-0.25, -0.2) is 0 Å². The second kappa shape index (κ2) is 6.39. The molecule has 2 N–H and O–H groups in total. The van der Waals surface area contributed by atoms with Crippen LogP contribution in [0.5, 0.6) is 0 Å². The maximum absolute atomic E-state index is 12.8. The molecule has 1 fully saturated rings. The molecule has 1 aliphatic rings. The van der Waals surface area contributed by atoms with Crippen molar-refractivity contribution in [3.8, 4) is 0 Å². The zero-order valence-corrected chi connectivity index (χ0v) is 14.0. The summed E-state index contributed by atoms with van der Waals surface area (Å²) in [7, 11) is 0. The van der Waals surface area contributed by atoms with Crippen LogP contribution < -0.4 is 5.32 Å². The van der Waals surface area contributed by atoms with Gasteiger partial charge in [-0.2, -0.15) is 0 Å². The summed E-state index contributed by atoms with van der Waals surface area (Å²) < 4.78 is 5.65. The van der Waals surface area contributed by atoms with E-state index in [1.165, 1.54) is 0 Å².